The number of likely N-dealkylation sites (N-methyl/N-ethyl adjacent to an activating group) is 1. The van der Waals surface area contributed by atoms with Crippen molar-refractivity contribution in [2.24, 2.45) is 0 Å². The number of rotatable bonds is 3. The first-order chi connectivity index (χ1) is 7.47. The molecule has 0 aliphatic heterocycles. The summed E-state index contributed by atoms with van der Waals surface area (Å²) in [7, 11) is 1.69. The van der Waals surface area contributed by atoms with Gasteiger partial charge >= 0.3 is 0 Å². The van der Waals surface area contributed by atoms with Crippen molar-refractivity contribution >= 4 is 21.8 Å². The Balaban J connectivity index is 3.04. The Morgan fingerprint density at radius 3 is 2.56 bits per heavy atom. The van der Waals surface area contributed by atoms with E-state index in [1.54, 1.807) is 7.05 Å². The van der Waals surface area contributed by atoms with Crippen LogP contribution in [0.2, 0.25) is 0 Å². The molecule has 0 saturated carbocycles. The summed E-state index contributed by atoms with van der Waals surface area (Å²) < 4.78 is 1.01. The largest absolute Gasteiger partial charge is 0.395 e. The van der Waals surface area contributed by atoms with Crippen LogP contribution in [-0.2, 0) is 0 Å². The minimum atomic E-state index is -0.0536. The molecule has 0 aliphatic rings. The Kier molecular flexibility index (Phi) is 4.50. The minimum Gasteiger partial charge on any atom is -0.395 e. The van der Waals surface area contributed by atoms with Gasteiger partial charge in [-0.25, -0.2) is 0 Å². The van der Waals surface area contributed by atoms with Gasteiger partial charge in [0.1, 0.15) is 0 Å². The Morgan fingerprint density at radius 2 is 2.00 bits per heavy atom. The highest BCUT2D eigenvalue weighted by molar-refractivity contribution is 9.10. The zero-order chi connectivity index (χ0) is 12.3. The summed E-state index contributed by atoms with van der Waals surface area (Å²) >= 11 is 3.43. The van der Waals surface area contributed by atoms with E-state index in [1.165, 1.54) is 4.90 Å². The van der Waals surface area contributed by atoms with Crippen molar-refractivity contribution in [1.29, 1.82) is 0 Å². The normalized spacial score (nSPS) is 10.3. The van der Waals surface area contributed by atoms with E-state index in [4.69, 9.17) is 5.11 Å². The number of carbonyl (C=O) groups excluding carboxylic acids is 1. The van der Waals surface area contributed by atoms with Gasteiger partial charge in [0.05, 0.1) is 6.61 Å². The quantitative estimate of drug-likeness (QED) is 0.924. The van der Waals surface area contributed by atoms with E-state index < -0.39 is 0 Å². The van der Waals surface area contributed by atoms with Crippen LogP contribution in [0.5, 0.6) is 0 Å². The van der Waals surface area contributed by atoms with E-state index in [0.29, 0.717) is 12.1 Å². The first-order valence-corrected chi connectivity index (χ1v) is 5.89. The fraction of sp³-hybridized carbons (Fsp3) is 0.417. The first kappa shape index (κ1) is 13.2. The lowest BCUT2D eigenvalue weighted by Crippen LogP contribution is -2.30. The number of aryl methyl sites for hydroxylation is 2. The fourth-order valence-electron chi connectivity index (χ4n) is 1.47. The fourth-order valence-corrected chi connectivity index (χ4v) is 1.93. The van der Waals surface area contributed by atoms with Crippen molar-refractivity contribution < 1.29 is 9.90 Å². The number of hydrogen-bond donors (Lipinski definition) is 1. The molecule has 1 N–H and O–H groups in total. The molecule has 0 aliphatic carbocycles. The zero-order valence-corrected chi connectivity index (χ0v) is 11.3. The lowest BCUT2D eigenvalue weighted by molar-refractivity contribution is 0.0766. The number of halogens is 1. The molecule has 3 nitrogen and oxygen atoms in total. The highest BCUT2D eigenvalue weighted by Gasteiger charge is 2.14. The molecule has 0 unspecified atom stereocenters. The molecular formula is C12H16BrNO2. The van der Waals surface area contributed by atoms with Crippen molar-refractivity contribution in [2.45, 2.75) is 13.8 Å². The summed E-state index contributed by atoms with van der Waals surface area (Å²) in [5, 5.41) is 8.80. The number of benzene rings is 1. The second kappa shape index (κ2) is 5.46. The topological polar surface area (TPSA) is 40.5 Å². The summed E-state index contributed by atoms with van der Waals surface area (Å²) in [5.41, 5.74) is 2.66. The van der Waals surface area contributed by atoms with Gasteiger partial charge < -0.3 is 10.0 Å². The van der Waals surface area contributed by atoms with E-state index >= 15 is 0 Å². The van der Waals surface area contributed by atoms with Gasteiger partial charge in [-0.15, -0.1) is 0 Å². The van der Waals surface area contributed by atoms with Crippen LogP contribution in [-0.4, -0.2) is 36.1 Å². The summed E-state index contributed by atoms with van der Waals surface area (Å²) in [6.45, 7) is 4.20. The van der Waals surface area contributed by atoms with Crippen molar-refractivity contribution in [3.05, 3.63) is 33.3 Å². The zero-order valence-electron chi connectivity index (χ0n) is 9.75. The van der Waals surface area contributed by atoms with Gasteiger partial charge in [0.2, 0.25) is 0 Å². The van der Waals surface area contributed by atoms with Crippen LogP contribution < -0.4 is 0 Å². The molecule has 0 fully saturated rings. The number of aliphatic hydroxyl groups excluding tert-OH is 1. The molecule has 16 heavy (non-hydrogen) atoms. The Hall–Kier alpha value is -0.870. The Morgan fingerprint density at radius 1 is 1.38 bits per heavy atom. The highest BCUT2D eigenvalue weighted by atomic mass is 79.9. The van der Waals surface area contributed by atoms with Crippen molar-refractivity contribution in [1.82, 2.24) is 4.90 Å². The van der Waals surface area contributed by atoms with Gasteiger partial charge in [-0.2, -0.15) is 0 Å². The average Bonchev–Trinajstić information content (AvgIpc) is 2.23. The number of nitrogens with zero attached hydrogens (tertiary/aromatic N) is 1. The standard InChI is InChI=1S/C12H16BrNO2/c1-8-7-11(13)9(2)6-10(8)12(16)14(3)4-5-15/h6-7,15H,4-5H2,1-3H3. The lowest BCUT2D eigenvalue weighted by atomic mass is 10.0. The highest BCUT2D eigenvalue weighted by Crippen LogP contribution is 2.21. The van der Waals surface area contributed by atoms with Crippen LogP contribution >= 0.6 is 15.9 Å². The minimum absolute atomic E-state index is 0.0171. The third kappa shape index (κ3) is 2.83. The molecule has 0 aromatic heterocycles. The summed E-state index contributed by atoms with van der Waals surface area (Å²) in [6.07, 6.45) is 0. The molecule has 0 spiro atoms. The van der Waals surface area contributed by atoms with Crippen LogP contribution in [0.4, 0.5) is 0 Å². The molecule has 0 radical (unpaired) electrons. The smallest absolute Gasteiger partial charge is 0.253 e. The monoisotopic (exact) mass is 285 g/mol. The molecular weight excluding hydrogens is 270 g/mol. The van der Waals surface area contributed by atoms with E-state index in [0.717, 1.165) is 15.6 Å². The molecule has 0 bridgehead atoms. The third-order valence-electron chi connectivity index (χ3n) is 2.52. The predicted molar refractivity (Wildman–Crippen MR) is 67.7 cm³/mol. The second-order valence-electron chi connectivity index (χ2n) is 3.87. The van der Waals surface area contributed by atoms with Gasteiger partial charge in [-0.3, -0.25) is 4.79 Å². The number of aliphatic hydroxyl groups is 1. The number of carbonyl (C=O) groups is 1. The van der Waals surface area contributed by atoms with Crippen LogP contribution in [0.15, 0.2) is 16.6 Å². The maximum atomic E-state index is 12.0. The van der Waals surface area contributed by atoms with Gasteiger partial charge in [-0.05, 0) is 37.1 Å². The van der Waals surface area contributed by atoms with E-state index in [1.807, 2.05) is 26.0 Å². The third-order valence-corrected chi connectivity index (χ3v) is 3.37. The second-order valence-corrected chi connectivity index (χ2v) is 4.72. The Labute approximate surface area is 104 Å². The molecule has 0 atom stereocenters. The average molecular weight is 286 g/mol. The number of amides is 1. The lowest BCUT2D eigenvalue weighted by Gasteiger charge is -2.17. The predicted octanol–water partition coefficient (Wildman–Crippen LogP) is 2.13. The molecule has 0 heterocycles. The van der Waals surface area contributed by atoms with Gasteiger partial charge in [0.15, 0.2) is 0 Å². The van der Waals surface area contributed by atoms with Crippen LogP contribution in [0.25, 0.3) is 0 Å². The van der Waals surface area contributed by atoms with E-state index in [-0.39, 0.29) is 12.5 Å². The maximum Gasteiger partial charge on any atom is 0.253 e. The summed E-state index contributed by atoms with van der Waals surface area (Å²) in [5.74, 6) is -0.0536. The van der Waals surface area contributed by atoms with Crippen LogP contribution in [0, 0.1) is 13.8 Å². The van der Waals surface area contributed by atoms with Crippen LogP contribution in [0.3, 0.4) is 0 Å². The maximum absolute atomic E-state index is 12.0. The molecule has 4 heteroatoms. The molecule has 88 valence electrons. The molecule has 0 saturated heterocycles. The van der Waals surface area contributed by atoms with Crippen molar-refractivity contribution in [3.8, 4) is 0 Å². The SMILES string of the molecule is Cc1cc(C(=O)N(C)CCO)c(C)cc1Br. The van der Waals surface area contributed by atoms with E-state index in [9.17, 15) is 4.79 Å². The molecule has 1 aromatic rings. The summed E-state index contributed by atoms with van der Waals surface area (Å²) in [4.78, 5) is 13.5. The van der Waals surface area contributed by atoms with Gasteiger partial charge in [0.25, 0.3) is 5.91 Å². The van der Waals surface area contributed by atoms with E-state index in [2.05, 4.69) is 15.9 Å². The van der Waals surface area contributed by atoms with Crippen molar-refractivity contribution in [2.75, 3.05) is 20.2 Å². The van der Waals surface area contributed by atoms with Crippen LogP contribution in [0.1, 0.15) is 21.5 Å². The van der Waals surface area contributed by atoms with Gasteiger partial charge in [-0.1, -0.05) is 15.9 Å². The number of hydrogen-bond acceptors (Lipinski definition) is 2. The molecule has 1 rings (SSSR count). The molecule has 1 aromatic carbocycles. The summed E-state index contributed by atoms with van der Waals surface area (Å²) in [6, 6.07) is 3.81. The van der Waals surface area contributed by atoms with Gasteiger partial charge in [0, 0.05) is 23.6 Å². The molecule has 1 amide bonds. The van der Waals surface area contributed by atoms with Crippen molar-refractivity contribution in [3.63, 3.8) is 0 Å². The Bertz CT molecular complexity index is 404. The first-order valence-electron chi connectivity index (χ1n) is 5.10.